The molecule has 1 N–H and O–H groups in total. The van der Waals surface area contributed by atoms with Crippen molar-refractivity contribution in [2.45, 2.75) is 46.3 Å². The zero-order chi connectivity index (χ0) is 26.4. The van der Waals surface area contributed by atoms with Crippen LogP contribution in [0.15, 0.2) is 59.0 Å². The molecule has 2 amide bonds. The number of nitrogens with zero attached hydrogens (tertiary/aromatic N) is 1. The summed E-state index contributed by atoms with van der Waals surface area (Å²) in [6.45, 7) is 7.95. The molecule has 196 valence electrons. The van der Waals surface area contributed by atoms with Crippen LogP contribution in [-0.4, -0.2) is 43.5 Å². The Labute approximate surface area is 218 Å². The van der Waals surface area contributed by atoms with E-state index in [1.165, 1.54) is 11.1 Å². The van der Waals surface area contributed by atoms with Crippen LogP contribution in [0.4, 0.5) is 0 Å². The highest BCUT2D eigenvalue weighted by atomic mass is 16.5. The van der Waals surface area contributed by atoms with Crippen LogP contribution in [0.1, 0.15) is 64.9 Å². The number of nitrogens with one attached hydrogen (secondary N) is 1. The van der Waals surface area contributed by atoms with Gasteiger partial charge in [-0.1, -0.05) is 49.7 Å². The van der Waals surface area contributed by atoms with Crippen molar-refractivity contribution in [2.24, 2.45) is 5.92 Å². The van der Waals surface area contributed by atoms with Gasteiger partial charge in [0.15, 0.2) is 5.76 Å². The van der Waals surface area contributed by atoms with Crippen LogP contribution in [0.25, 0.3) is 0 Å². The first-order chi connectivity index (χ1) is 17.9. The molecule has 3 aromatic rings. The molecule has 0 saturated carbocycles. The van der Waals surface area contributed by atoms with Gasteiger partial charge in [-0.15, -0.1) is 0 Å². The lowest BCUT2D eigenvalue weighted by Crippen LogP contribution is -2.41. The first-order valence-electron chi connectivity index (χ1n) is 12.8. The zero-order valence-electron chi connectivity index (χ0n) is 22.1. The van der Waals surface area contributed by atoms with E-state index in [4.69, 9.17) is 13.9 Å². The molecule has 2 heterocycles. The number of rotatable bonds is 10. The molecule has 1 aromatic heterocycles. The molecule has 7 heteroatoms. The number of carbonyl (C=O) groups excluding carboxylic acids is 2. The lowest BCUT2D eigenvalue weighted by Gasteiger charge is -2.38. The summed E-state index contributed by atoms with van der Waals surface area (Å²) in [7, 11) is 1.58. The van der Waals surface area contributed by atoms with E-state index in [-0.39, 0.29) is 30.2 Å². The van der Waals surface area contributed by atoms with Crippen molar-refractivity contribution in [2.75, 3.05) is 26.8 Å². The van der Waals surface area contributed by atoms with Gasteiger partial charge in [0, 0.05) is 26.6 Å². The number of benzene rings is 2. The highest BCUT2D eigenvalue weighted by molar-refractivity contribution is 5.91. The quantitative estimate of drug-likeness (QED) is 0.390. The van der Waals surface area contributed by atoms with Gasteiger partial charge in [-0.2, -0.15) is 0 Å². The van der Waals surface area contributed by atoms with Gasteiger partial charge in [-0.25, -0.2) is 0 Å². The molecule has 0 aliphatic carbocycles. The van der Waals surface area contributed by atoms with E-state index in [1.807, 2.05) is 17.0 Å². The Kier molecular flexibility index (Phi) is 8.66. The van der Waals surface area contributed by atoms with E-state index < -0.39 is 0 Å². The summed E-state index contributed by atoms with van der Waals surface area (Å²) in [6, 6.07) is 17.7. The maximum Gasteiger partial charge on any atom is 0.287 e. The molecule has 0 fully saturated rings. The highest BCUT2D eigenvalue weighted by Crippen LogP contribution is 2.38. The molecule has 37 heavy (non-hydrogen) atoms. The van der Waals surface area contributed by atoms with E-state index in [0.717, 1.165) is 17.5 Å². The van der Waals surface area contributed by atoms with Gasteiger partial charge < -0.3 is 24.1 Å². The van der Waals surface area contributed by atoms with Crippen LogP contribution in [-0.2, 0) is 22.6 Å². The second kappa shape index (κ2) is 12.1. The minimum absolute atomic E-state index is 0.162. The summed E-state index contributed by atoms with van der Waals surface area (Å²) in [6.07, 6.45) is 1.33. The normalized spacial score (nSPS) is 14.9. The van der Waals surface area contributed by atoms with Crippen molar-refractivity contribution in [3.63, 3.8) is 0 Å². The molecule has 1 aliphatic heterocycles. The van der Waals surface area contributed by atoms with Crippen molar-refractivity contribution in [3.8, 4) is 5.75 Å². The third-order valence-corrected chi connectivity index (χ3v) is 6.50. The largest absolute Gasteiger partial charge is 0.486 e. The Balaban J connectivity index is 1.53. The maximum absolute atomic E-state index is 13.2. The second-order valence-corrected chi connectivity index (χ2v) is 9.91. The summed E-state index contributed by atoms with van der Waals surface area (Å²) in [5, 5.41) is 2.74. The lowest BCUT2D eigenvalue weighted by atomic mass is 9.87. The van der Waals surface area contributed by atoms with Gasteiger partial charge >= 0.3 is 0 Å². The van der Waals surface area contributed by atoms with Crippen LogP contribution >= 0.6 is 0 Å². The Morgan fingerprint density at radius 1 is 1.11 bits per heavy atom. The predicted molar refractivity (Wildman–Crippen MR) is 142 cm³/mol. The number of ether oxygens (including phenoxy) is 2. The minimum Gasteiger partial charge on any atom is -0.486 e. The van der Waals surface area contributed by atoms with Gasteiger partial charge in [0.25, 0.3) is 5.91 Å². The molecule has 0 radical (unpaired) electrons. The van der Waals surface area contributed by atoms with Gasteiger partial charge in [-0.3, -0.25) is 9.59 Å². The van der Waals surface area contributed by atoms with Crippen molar-refractivity contribution in [1.29, 1.82) is 0 Å². The number of amides is 2. The highest BCUT2D eigenvalue weighted by Gasteiger charge is 2.32. The molecule has 4 rings (SSSR count). The number of fused-ring (bicyclic) bond motifs is 1. The fourth-order valence-electron chi connectivity index (χ4n) is 4.61. The topological polar surface area (TPSA) is 81.0 Å². The molecule has 7 nitrogen and oxygen atoms in total. The van der Waals surface area contributed by atoms with Crippen molar-refractivity contribution in [3.05, 3.63) is 88.4 Å². The maximum atomic E-state index is 13.2. The van der Waals surface area contributed by atoms with Gasteiger partial charge in [0.05, 0.1) is 12.6 Å². The number of carbonyl (C=O) groups is 2. The average molecular weight is 505 g/mol. The first kappa shape index (κ1) is 26.5. The van der Waals surface area contributed by atoms with E-state index in [0.29, 0.717) is 43.5 Å². The van der Waals surface area contributed by atoms with Crippen LogP contribution < -0.4 is 10.1 Å². The number of hydrogen-bond acceptors (Lipinski definition) is 5. The second-order valence-electron chi connectivity index (χ2n) is 9.91. The van der Waals surface area contributed by atoms with E-state index in [1.54, 1.807) is 19.2 Å². The Morgan fingerprint density at radius 2 is 1.89 bits per heavy atom. The van der Waals surface area contributed by atoms with Crippen molar-refractivity contribution < 1.29 is 23.5 Å². The summed E-state index contributed by atoms with van der Waals surface area (Å²) in [5.41, 5.74) is 4.58. The van der Waals surface area contributed by atoms with Crippen LogP contribution in [0, 0.1) is 12.8 Å². The zero-order valence-corrected chi connectivity index (χ0v) is 22.1. The minimum atomic E-state index is -0.288. The molecule has 1 atom stereocenters. The van der Waals surface area contributed by atoms with Crippen molar-refractivity contribution >= 4 is 11.8 Å². The first-order valence-corrected chi connectivity index (χ1v) is 12.8. The van der Waals surface area contributed by atoms with Crippen LogP contribution in [0.5, 0.6) is 5.75 Å². The smallest absolute Gasteiger partial charge is 0.287 e. The Hall–Kier alpha value is -3.58. The average Bonchev–Trinajstić information content (AvgIpc) is 3.36. The molecule has 0 bridgehead atoms. The number of hydrogen-bond donors (Lipinski definition) is 1. The summed E-state index contributed by atoms with van der Waals surface area (Å²) >= 11 is 0. The summed E-state index contributed by atoms with van der Waals surface area (Å²) in [5.74, 6) is 1.66. The van der Waals surface area contributed by atoms with E-state index in [9.17, 15) is 9.59 Å². The lowest BCUT2D eigenvalue weighted by molar-refractivity contribution is -0.134. The molecule has 0 spiro atoms. The van der Waals surface area contributed by atoms with E-state index in [2.05, 4.69) is 56.4 Å². The number of furan rings is 1. The molecular formula is C30H36N2O5. The molecule has 2 aromatic carbocycles. The molecular weight excluding hydrogens is 468 g/mol. The van der Waals surface area contributed by atoms with E-state index >= 15 is 0 Å². The third kappa shape index (κ3) is 6.60. The standard InChI is InChI=1S/C30H36N2O5/c1-20(2)17-28(33)32-15-13-22-9-10-24(18-26(22)29(32)23-7-5-21(3)6-8-23)36-19-25-11-12-27(37-25)30(34)31-14-16-35-4/h5-12,18,20,29H,13-17,19H2,1-4H3,(H,31,34). The monoisotopic (exact) mass is 504 g/mol. The van der Waals surface area contributed by atoms with Crippen molar-refractivity contribution in [1.82, 2.24) is 10.2 Å². The van der Waals surface area contributed by atoms with Gasteiger partial charge in [0.2, 0.25) is 5.91 Å². The Morgan fingerprint density at radius 3 is 2.62 bits per heavy atom. The van der Waals surface area contributed by atoms with Gasteiger partial charge in [0.1, 0.15) is 18.1 Å². The molecule has 1 aliphatic rings. The van der Waals surface area contributed by atoms with Crippen LogP contribution in [0.3, 0.4) is 0 Å². The van der Waals surface area contributed by atoms with Gasteiger partial charge in [-0.05, 0) is 60.2 Å². The fraction of sp³-hybridized carbons (Fsp3) is 0.400. The predicted octanol–water partition coefficient (Wildman–Crippen LogP) is 5.06. The fourth-order valence-corrected chi connectivity index (χ4v) is 4.61. The van der Waals surface area contributed by atoms with Crippen LogP contribution in [0.2, 0.25) is 0 Å². The third-order valence-electron chi connectivity index (χ3n) is 6.50. The Bertz CT molecular complexity index is 1210. The number of methoxy groups -OCH3 is 1. The molecule has 1 unspecified atom stereocenters. The SMILES string of the molecule is COCCNC(=O)c1ccc(COc2ccc3c(c2)C(c2ccc(C)cc2)N(C(=O)CC(C)C)CC3)o1. The number of aryl methyl sites for hydroxylation is 1. The molecule has 0 saturated heterocycles. The summed E-state index contributed by atoms with van der Waals surface area (Å²) in [4.78, 5) is 27.4. The summed E-state index contributed by atoms with van der Waals surface area (Å²) < 4.78 is 16.7.